The van der Waals surface area contributed by atoms with Crippen molar-refractivity contribution < 1.29 is 4.79 Å². The molecule has 2 aliphatic rings. The predicted molar refractivity (Wildman–Crippen MR) is 125 cm³/mol. The van der Waals surface area contributed by atoms with Crippen LogP contribution >= 0.6 is 0 Å². The maximum Gasteiger partial charge on any atom is 0.236 e. The highest BCUT2D eigenvalue weighted by Gasteiger charge is 2.26. The van der Waals surface area contributed by atoms with Crippen LogP contribution < -0.4 is 9.80 Å². The second-order valence-corrected chi connectivity index (χ2v) is 8.37. The Kier molecular flexibility index (Phi) is 5.89. The average molecular weight is 435 g/mol. The number of fused-ring (bicyclic) bond motifs is 1. The molecule has 2 aliphatic heterocycles. The Labute approximate surface area is 188 Å². The van der Waals surface area contributed by atoms with E-state index in [0.29, 0.717) is 6.54 Å². The number of anilines is 2. The lowest BCUT2D eigenvalue weighted by molar-refractivity contribution is -0.132. The zero-order valence-electron chi connectivity index (χ0n) is 18.6. The molecule has 1 amide bonds. The molecule has 0 N–H and O–H groups in total. The normalized spacial score (nSPS) is 17.8. The smallest absolute Gasteiger partial charge is 0.236 e. The lowest BCUT2D eigenvalue weighted by Gasteiger charge is -2.38. The van der Waals surface area contributed by atoms with Crippen molar-refractivity contribution in [1.82, 2.24) is 29.3 Å². The molecule has 0 saturated carbocycles. The van der Waals surface area contributed by atoms with Crippen molar-refractivity contribution in [3.63, 3.8) is 0 Å². The van der Waals surface area contributed by atoms with Crippen LogP contribution in [0.15, 0.2) is 43.0 Å². The molecule has 32 heavy (non-hydrogen) atoms. The molecule has 168 valence electrons. The molecule has 2 saturated heterocycles. The molecule has 0 aliphatic carbocycles. The second kappa shape index (κ2) is 9.12. The highest BCUT2D eigenvalue weighted by molar-refractivity contribution is 5.83. The number of aromatic nitrogens is 4. The molecule has 2 fully saturated rings. The summed E-state index contributed by atoms with van der Waals surface area (Å²) in [5.74, 6) is 1.13. The first-order chi connectivity index (χ1) is 15.7. The average Bonchev–Trinajstić information content (AvgIpc) is 3.29. The molecular formula is C23H30N8O. The van der Waals surface area contributed by atoms with Crippen LogP contribution in [0.25, 0.3) is 11.2 Å². The number of rotatable bonds is 5. The lowest BCUT2D eigenvalue weighted by atomic mass is 10.2. The molecule has 0 unspecified atom stereocenters. The number of hydrogen-bond donors (Lipinski definition) is 0. The van der Waals surface area contributed by atoms with Crippen LogP contribution in [0.5, 0.6) is 0 Å². The summed E-state index contributed by atoms with van der Waals surface area (Å²) in [6.07, 6.45) is 3.45. The number of imidazole rings is 1. The number of para-hydroxylation sites is 1. The van der Waals surface area contributed by atoms with Crippen molar-refractivity contribution in [1.29, 1.82) is 0 Å². The van der Waals surface area contributed by atoms with Gasteiger partial charge in [0, 0.05) is 64.6 Å². The van der Waals surface area contributed by atoms with Crippen molar-refractivity contribution in [2.45, 2.75) is 13.5 Å². The van der Waals surface area contributed by atoms with Crippen LogP contribution in [0.3, 0.4) is 0 Å². The number of amides is 1. The van der Waals surface area contributed by atoms with Crippen molar-refractivity contribution in [2.24, 2.45) is 0 Å². The molecular weight excluding hydrogens is 404 g/mol. The van der Waals surface area contributed by atoms with Gasteiger partial charge in [0.25, 0.3) is 0 Å². The largest absolute Gasteiger partial charge is 0.368 e. The van der Waals surface area contributed by atoms with Gasteiger partial charge in [-0.1, -0.05) is 18.2 Å². The Balaban J connectivity index is 1.13. The maximum absolute atomic E-state index is 12.9. The van der Waals surface area contributed by atoms with Crippen LogP contribution in [0, 0.1) is 0 Å². The Morgan fingerprint density at radius 1 is 0.875 bits per heavy atom. The fraction of sp³-hybridized carbons (Fsp3) is 0.478. The number of piperazine rings is 2. The van der Waals surface area contributed by atoms with E-state index >= 15 is 0 Å². The van der Waals surface area contributed by atoms with Crippen LogP contribution in [0.4, 0.5) is 11.5 Å². The molecule has 1 aromatic carbocycles. The predicted octanol–water partition coefficient (Wildman–Crippen LogP) is 1.32. The Bertz CT molecular complexity index is 1050. The molecule has 9 heteroatoms. The van der Waals surface area contributed by atoms with E-state index in [2.05, 4.69) is 60.8 Å². The highest BCUT2D eigenvalue weighted by atomic mass is 16.2. The van der Waals surface area contributed by atoms with Gasteiger partial charge in [0.1, 0.15) is 6.33 Å². The third-order valence-electron chi connectivity index (χ3n) is 6.51. The van der Waals surface area contributed by atoms with Gasteiger partial charge in [0.05, 0.1) is 12.9 Å². The zero-order valence-corrected chi connectivity index (χ0v) is 18.6. The zero-order chi connectivity index (χ0) is 21.9. The molecule has 0 atom stereocenters. The first kappa shape index (κ1) is 20.7. The molecule has 3 aromatic rings. The van der Waals surface area contributed by atoms with Gasteiger partial charge in [-0.3, -0.25) is 9.69 Å². The molecule has 2 aromatic heterocycles. The summed E-state index contributed by atoms with van der Waals surface area (Å²) >= 11 is 0. The van der Waals surface area contributed by atoms with Crippen molar-refractivity contribution in [3.05, 3.63) is 43.0 Å². The summed E-state index contributed by atoms with van der Waals surface area (Å²) in [5.41, 5.74) is 2.97. The SMILES string of the molecule is CCn1cnc2c(N3CCN(CC(=O)N4CCN(c5ccccc5)CC4)CC3)ncnc21. The van der Waals surface area contributed by atoms with Gasteiger partial charge in [-0.25, -0.2) is 15.0 Å². The summed E-state index contributed by atoms with van der Waals surface area (Å²) in [7, 11) is 0. The quantitative estimate of drug-likeness (QED) is 0.600. The minimum Gasteiger partial charge on any atom is -0.368 e. The molecule has 0 spiro atoms. The van der Waals surface area contributed by atoms with Crippen LogP contribution in [0.1, 0.15) is 6.92 Å². The van der Waals surface area contributed by atoms with Gasteiger partial charge >= 0.3 is 0 Å². The summed E-state index contributed by atoms with van der Waals surface area (Å²) < 4.78 is 2.03. The third-order valence-corrected chi connectivity index (χ3v) is 6.51. The Morgan fingerprint density at radius 2 is 1.59 bits per heavy atom. The summed E-state index contributed by atoms with van der Waals surface area (Å²) in [6, 6.07) is 10.4. The van der Waals surface area contributed by atoms with E-state index in [1.54, 1.807) is 6.33 Å². The van der Waals surface area contributed by atoms with Gasteiger partial charge in [0.15, 0.2) is 17.0 Å². The van der Waals surface area contributed by atoms with E-state index in [1.165, 1.54) is 5.69 Å². The van der Waals surface area contributed by atoms with E-state index in [9.17, 15) is 4.79 Å². The Hall–Kier alpha value is -3.20. The third kappa shape index (κ3) is 4.12. The molecule has 0 radical (unpaired) electrons. The van der Waals surface area contributed by atoms with Crippen LogP contribution in [0.2, 0.25) is 0 Å². The van der Waals surface area contributed by atoms with Gasteiger partial charge in [-0.15, -0.1) is 0 Å². The van der Waals surface area contributed by atoms with E-state index in [0.717, 1.165) is 75.9 Å². The molecule has 0 bridgehead atoms. The first-order valence-corrected chi connectivity index (χ1v) is 11.4. The number of carbonyl (C=O) groups is 1. The van der Waals surface area contributed by atoms with Crippen molar-refractivity contribution >= 4 is 28.6 Å². The van der Waals surface area contributed by atoms with Crippen molar-refractivity contribution in [3.8, 4) is 0 Å². The van der Waals surface area contributed by atoms with Gasteiger partial charge in [-0.05, 0) is 19.1 Å². The topological polar surface area (TPSA) is 73.6 Å². The van der Waals surface area contributed by atoms with Gasteiger partial charge in [-0.2, -0.15) is 0 Å². The number of carbonyl (C=O) groups excluding carboxylic acids is 1. The summed E-state index contributed by atoms with van der Waals surface area (Å²) in [6.45, 7) is 10.1. The monoisotopic (exact) mass is 434 g/mol. The minimum atomic E-state index is 0.234. The van der Waals surface area contributed by atoms with Crippen LogP contribution in [-0.4, -0.2) is 94.1 Å². The van der Waals surface area contributed by atoms with E-state index in [4.69, 9.17) is 0 Å². The lowest BCUT2D eigenvalue weighted by Crippen LogP contribution is -2.54. The Morgan fingerprint density at radius 3 is 2.31 bits per heavy atom. The summed E-state index contributed by atoms with van der Waals surface area (Å²) in [4.78, 5) is 35.2. The number of aryl methyl sites for hydroxylation is 1. The molecule has 5 rings (SSSR count). The number of nitrogens with zero attached hydrogens (tertiary/aromatic N) is 8. The van der Waals surface area contributed by atoms with Gasteiger partial charge < -0.3 is 19.3 Å². The molecule has 9 nitrogen and oxygen atoms in total. The van der Waals surface area contributed by atoms with Crippen LogP contribution in [-0.2, 0) is 11.3 Å². The second-order valence-electron chi connectivity index (χ2n) is 8.37. The van der Waals surface area contributed by atoms with E-state index in [1.807, 2.05) is 21.9 Å². The molecule has 4 heterocycles. The maximum atomic E-state index is 12.9. The minimum absolute atomic E-state index is 0.234. The number of benzene rings is 1. The van der Waals surface area contributed by atoms with E-state index < -0.39 is 0 Å². The van der Waals surface area contributed by atoms with E-state index in [-0.39, 0.29) is 5.91 Å². The summed E-state index contributed by atoms with van der Waals surface area (Å²) in [5, 5.41) is 0. The van der Waals surface area contributed by atoms with Gasteiger partial charge in [0.2, 0.25) is 5.91 Å². The fourth-order valence-electron chi connectivity index (χ4n) is 4.59. The standard InChI is InChI=1S/C23H30N8O/c1-2-28-18-26-21-22(28)24-17-25-23(21)31-10-8-27(9-11-31)16-20(32)30-14-12-29(13-15-30)19-6-4-3-5-7-19/h3-7,17-18H,2,8-16H2,1H3. The first-order valence-electron chi connectivity index (χ1n) is 11.4. The fourth-order valence-corrected chi connectivity index (χ4v) is 4.59. The van der Waals surface area contributed by atoms with Crippen molar-refractivity contribution in [2.75, 3.05) is 68.7 Å². The highest BCUT2D eigenvalue weighted by Crippen LogP contribution is 2.22. The number of hydrogen-bond acceptors (Lipinski definition) is 7.